The van der Waals surface area contributed by atoms with E-state index in [4.69, 9.17) is 4.74 Å². The predicted molar refractivity (Wildman–Crippen MR) is 100.0 cm³/mol. The van der Waals surface area contributed by atoms with Crippen molar-refractivity contribution < 1.29 is 13.9 Å². The van der Waals surface area contributed by atoms with E-state index in [9.17, 15) is 14.0 Å². The number of carbonyl (C=O) groups is 1. The Morgan fingerprint density at radius 1 is 1.25 bits per heavy atom. The third-order valence-electron chi connectivity index (χ3n) is 4.80. The van der Waals surface area contributed by atoms with Crippen molar-refractivity contribution in [3.8, 4) is 5.75 Å². The zero-order valence-electron chi connectivity index (χ0n) is 15.5. The number of hydrogen-bond donors (Lipinski definition) is 0. The Balaban J connectivity index is 1.48. The van der Waals surface area contributed by atoms with Gasteiger partial charge in [-0.15, -0.1) is 0 Å². The van der Waals surface area contributed by atoms with Crippen LogP contribution in [0.1, 0.15) is 18.7 Å². The van der Waals surface area contributed by atoms with Crippen LogP contribution in [0.2, 0.25) is 0 Å². The molecule has 0 spiro atoms. The zero-order chi connectivity index (χ0) is 19.7. The molecular formula is C19H20FN5O3. The lowest BCUT2D eigenvalue weighted by molar-refractivity contribution is 0.169. The number of likely N-dealkylation sites (tertiary alicyclic amines) is 1. The lowest BCUT2D eigenvalue weighted by Crippen LogP contribution is -2.47. The van der Waals surface area contributed by atoms with Crippen LogP contribution in [0.5, 0.6) is 5.75 Å². The van der Waals surface area contributed by atoms with Crippen LogP contribution in [0.25, 0.3) is 11.2 Å². The highest BCUT2D eigenvalue weighted by atomic mass is 19.1. The molecule has 0 radical (unpaired) electrons. The molecule has 9 heteroatoms. The molecule has 4 rings (SSSR count). The molecular weight excluding hydrogens is 365 g/mol. The fourth-order valence-electron chi connectivity index (χ4n) is 3.04. The van der Waals surface area contributed by atoms with Crippen LogP contribution in [0.15, 0.2) is 35.3 Å². The van der Waals surface area contributed by atoms with Gasteiger partial charge in [-0.2, -0.15) is 4.57 Å². The van der Waals surface area contributed by atoms with Gasteiger partial charge in [-0.05, 0) is 37.1 Å². The Bertz CT molecular complexity index is 1070. The summed E-state index contributed by atoms with van der Waals surface area (Å²) in [7, 11) is 1.60. The number of ether oxygens (including phenoxy) is 1. The number of benzene rings is 1. The molecule has 1 aromatic carbocycles. The molecule has 0 N–H and O–H groups in total. The number of aromatic nitrogens is 4. The molecule has 28 heavy (non-hydrogen) atoms. The Morgan fingerprint density at radius 3 is 2.68 bits per heavy atom. The molecule has 3 heterocycles. The summed E-state index contributed by atoms with van der Waals surface area (Å²) >= 11 is 0. The van der Waals surface area contributed by atoms with Crippen LogP contribution in [-0.4, -0.2) is 49.7 Å². The van der Waals surface area contributed by atoms with Crippen molar-refractivity contribution in [2.24, 2.45) is 7.05 Å². The van der Waals surface area contributed by atoms with Crippen LogP contribution in [0.3, 0.4) is 0 Å². The predicted octanol–water partition coefficient (Wildman–Crippen LogP) is 1.95. The molecule has 1 amide bonds. The first-order valence-corrected chi connectivity index (χ1v) is 9.15. The third kappa shape index (κ3) is 3.35. The van der Waals surface area contributed by atoms with Gasteiger partial charge in [0, 0.05) is 26.6 Å². The fraction of sp³-hybridized carbons (Fsp3) is 0.368. The van der Waals surface area contributed by atoms with Gasteiger partial charge in [0.05, 0.1) is 12.8 Å². The van der Waals surface area contributed by atoms with Gasteiger partial charge in [0.1, 0.15) is 22.9 Å². The summed E-state index contributed by atoms with van der Waals surface area (Å²) < 4.78 is 21.0. The minimum Gasteiger partial charge on any atom is -0.494 e. The standard InChI is InChI=1S/C19H20FN5O3/c1-23-15-12-21-16(4-2-11-28-14-7-5-13(20)6-8-14)22-17(15)25(18(23)26)19(27)24-9-3-10-24/h5-8,12H,2-4,9-11H2,1H3. The van der Waals surface area contributed by atoms with E-state index in [0.717, 1.165) is 11.0 Å². The second-order valence-corrected chi connectivity index (χ2v) is 6.70. The number of fused-ring (bicyclic) bond motifs is 1. The summed E-state index contributed by atoms with van der Waals surface area (Å²) in [5, 5.41) is 0. The monoisotopic (exact) mass is 385 g/mol. The molecule has 1 saturated heterocycles. The molecule has 1 fully saturated rings. The van der Waals surface area contributed by atoms with E-state index in [2.05, 4.69) is 9.97 Å². The van der Waals surface area contributed by atoms with Crippen molar-refractivity contribution in [3.05, 3.63) is 52.6 Å². The number of nitrogens with zero attached hydrogens (tertiary/aromatic N) is 5. The Morgan fingerprint density at radius 2 is 2.00 bits per heavy atom. The van der Waals surface area contributed by atoms with Crippen LogP contribution >= 0.6 is 0 Å². The number of imidazole rings is 1. The molecule has 2 aromatic heterocycles. The molecule has 0 unspecified atom stereocenters. The summed E-state index contributed by atoms with van der Waals surface area (Å²) in [5.74, 6) is 0.816. The molecule has 1 aliphatic rings. The number of halogens is 1. The van der Waals surface area contributed by atoms with Crippen LogP contribution in [-0.2, 0) is 13.5 Å². The molecule has 0 atom stereocenters. The van der Waals surface area contributed by atoms with Crippen LogP contribution < -0.4 is 10.4 Å². The van der Waals surface area contributed by atoms with E-state index in [-0.39, 0.29) is 11.8 Å². The zero-order valence-corrected chi connectivity index (χ0v) is 15.5. The van der Waals surface area contributed by atoms with Crippen LogP contribution in [0.4, 0.5) is 9.18 Å². The van der Waals surface area contributed by atoms with Crippen molar-refractivity contribution in [2.75, 3.05) is 19.7 Å². The van der Waals surface area contributed by atoms with E-state index >= 15 is 0 Å². The molecule has 0 bridgehead atoms. The van der Waals surface area contributed by atoms with E-state index in [0.29, 0.717) is 55.3 Å². The largest absolute Gasteiger partial charge is 0.494 e. The number of amides is 1. The van der Waals surface area contributed by atoms with Gasteiger partial charge in [0.25, 0.3) is 0 Å². The van der Waals surface area contributed by atoms with Crippen LogP contribution in [0, 0.1) is 5.82 Å². The second kappa shape index (κ2) is 7.41. The number of carbonyl (C=O) groups excluding carboxylic acids is 1. The third-order valence-corrected chi connectivity index (χ3v) is 4.80. The first kappa shape index (κ1) is 18.1. The molecule has 3 aromatic rings. The van der Waals surface area contributed by atoms with Crippen molar-refractivity contribution in [1.29, 1.82) is 0 Å². The second-order valence-electron chi connectivity index (χ2n) is 6.70. The van der Waals surface area contributed by atoms with Crippen molar-refractivity contribution in [3.63, 3.8) is 0 Å². The van der Waals surface area contributed by atoms with E-state index < -0.39 is 5.69 Å². The number of aryl methyl sites for hydroxylation is 2. The lowest BCUT2D eigenvalue weighted by atomic mass is 10.2. The van der Waals surface area contributed by atoms with Gasteiger partial charge in [0.2, 0.25) is 0 Å². The summed E-state index contributed by atoms with van der Waals surface area (Å²) in [5.41, 5.74) is 0.428. The Hall–Kier alpha value is -3.23. The average Bonchev–Trinajstić information content (AvgIpc) is 2.89. The normalized spacial score (nSPS) is 13.6. The number of rotatable bonds is 5. The smallest absolute Gasteiger partial charge is 0.338 e. The van der Waals surface area contributed by atoms with E-state index in [1.165, 1.54) is 16.7 Å². The van der Waals surface area contributed by atoms with Gasteiger partial charge in [0.15, 0.2) is 5.65 Å². The van der Waals surface area contributed by atoms with Crippen molar-refractivity contribution in [2.45, 2.75) is 19.3 Å². The topological polar surface area (TPSA) is 82.2 Å². The van der Waals surface area contributed by atoms with Crippen molar-refractivity contribution >= 4 is 17.2 Å². The maximum Gasteiger partial charge on any atom is 0.338 e. The fourth-order valence-corrected chi connectivity index (χ4v) is 3.04. The van der Waals surface area contributed by atoms with Gasteiger partial charge in [-0.3, -0.25) is 4.57 Å². The average molecular weight is 385 g/mol. The quantitative estimate of drug-likeness (QED) is 0.627. The highest BCUT2D eigenvalue weighted by Crippen LogP contribution is 2.15. The maximum atomic E-state index is 12.9. The first-order chi connectivity index (χ1) is 13.5. The first-order valence-electron chi connectivity index (χ1n) is 9.15. The SMILES string of the molecule is Cn1c(=O)n(C(=O)N2CCC2)c2nc(CCCOc3ccc(F)cc3)ncc21. The lowest BCUT2D eigenvalue weighted by Gasteiger charge is -2.30. The summed E-state index contributed by atoms with van der Waals surface area (Å²) in [6, 6.07) is 5.49. The summed E-state index contributed by atoms with van der Waals surface area (Å²) in [4.78, 5) is 35.5. The van der Waals surface area contributed by atoms with Gasteiger partial charge < -0.3 is 9.64 Å². The van der Waals surface area contributed by atoms with Gasteiger partial charge in [-0.25, -0.2) is 23.9 Å². The molecule has 146 valence electrons. The minimum absolute atomic E-state index is 0.310. The Kier molecular flexibility index (Phi) is 4.81. The van der Waals surface area contributed by atoms with Gasteiger partial charge >= 0.3 is 11.7 Å². The molecule has 1 aliphatic heterocycles. The summed E-state index contributed by atoms with van der Waals surface area (Å²) in [6.07, 6.45) is 3.68. The van der Waals surface area contributed by atoms with E-state index in [1.807, 2.05) is 0 Å². The number of hydrogen-bond acceptors (Lipinski definition) is 5. The van der Waals surface area contributed by atoms with Crippen molar-refractivity contribution in [1.82, 2.24) is 24.0 Å². The Labute approximate surface area is 160 Å². The highest BCUT2D eigenvalue weighted by molar-refractivity contribution is 5.87. The molecule has 0 aliphatic carbocycles. The van der Waals surface area contributed by atoms with Gasteiger partial charge in [-0.1, -0.05) is 0 Å². The maximum absolute atomic E-state index is 12.9. The highest BCUT2D eigenvalue weighted by Gasteiger charge is 2.27. The summed E-state index contributed by atoms with van der Waals surface area (Å²) in [6.45, 7) is 1.72. The molecule has 0 saturated carbocycles. The molecule has 8 nitrogen and oxygen atoms in total. The minimum atomic E-state index is -0.419. The van der Waals surface area contributed by atoms with E-state index in [1.54, 1.807) is 30.3 Å².